The number of thiazole rings is 7. The molecule has 0 radical (unpaired) electrons. The van der Waals surface area contributed by atoms with Crippen molar-refractivity contribution >= 4 is 175 Å². The average molecular weight is 1630 g/mol. The Hall–Kier alpha value is -13.9. The van der Waals surface area contributed by atoms with E-state index in [1.165, 1.54) is 106 Å². The van der Waals surface area contributed by atoms with Gasteiger partial charge in [-0.1, -0.05) is 97.1 Å². The SMILES string of the molecule is COC(=O)c1coc(-c2csc(C(=O)c3c[nH]c4ccccc34)n2)n1.COC(=O)c1csc(-c2csc(C(=O)c3c[nH]c4ccccc34)n2)n1.O=C(c1nc(-c2ccccn2)cs1)c1c[nH]c2ccccc12.O=C(c1nc(-c2ncco2)cs1)c1c[nH]c2ccccc12.O=C(c1nc(-c2nccs2)cs1)c1c[nH]c2ccccc12. The molecule has 0 aliphatic rings. The van der Waals surface area contributed by atoms with Crippen molar-refractivity contribution in [2.45, 2.75) is 0 Å². The van der Waals surface area contributed by atoms with Crippen molar-refractivity contribution in [2.75, 3.05) is 14.2 Å². The van der Waals surface area contributed by atoms with E-state index in [1.54, 1.807) is 71.1 Å². The third kappa shape index (κ3) is 15.6. The van der Waals surface area contributed by atoms with Crippen LogP contribution in [0, 0.1) is 0 Å². The third-order valence-electron chi connectivity index (χ3n) is 17.1. The molecule has 0 aliphatic carbocycles. The molecular weight excluding hydrogens is 1580 g/mol. The number of benzene rings is 5. The van der Waals surface area contributed by atoms with Gasteiger partial charge in [-0.2, -0.15) is 0 Å². The molecule has 0 spiro atoms. The normalized spacial score (nSPS) is 11.0. The molecule has 558 valence electrons. The molecule has 15 aromatic heterocycles. The molecule has 20 aromatic rings. The molecule has 0 saturated carbocycles. The lowest BCUT2D eigenvalue weighted by molar-refractivity contribution is 0.0585. The minimum absolute atomic E-state index is 0.0509. The van der Waals surface area contributed by atoms with Gasteiger partial charge >= 0.3 is 11.9 Å². The number of para-hydroxylation sites is 5. The average Bonchev–Trinajstić information content (AvgIpc) is 1.67. The van der Waals surface area contributed by atoms with Gasteiger partial charge in [-0.15, -0.1) is 79.4 Å². The maximum atomic E-state index is 12.8. The number of oxazole rings is 2. The summed E-state index contributed by atoms with van der Waals surface area (Å²) in [5, 5.41) is 20.4. The highest BCUT2D eigenvalue weighted by molar-refractivity contribution is 7.16. The second-order valence-corrected chi connectivity index (χ2v) is 30.1. The fourth-order valence-corrected chi connectivity index (χ4v) is 16.9. The molecule has 0 amide bonds. The quantitative estimate of drug-likeness (QED) is 0.0417. The number of H-pyrrole nitrogens is 5. The molecule has 0 fully saturated rings. The van der Waals surface area contributed by atoms with E-state index < -0.39 is 11.9 Å². The summed E-state index contributed by atoms with van der Waals surface area (Å²) in [6.07, 6.45) is 16.3. The lowest BCUT2D eigenvalue weighted by Gasteiger charge is -1.95. The van der Waals surface area contributed by atoms with Crippen molar-refractivity contribution < 1.29 is 51.9 Å². The van der Waals surface area contributed by atoms with Crippen LogP contribution in [0.15, 0.2) is 248 Å². The van der Waals surface area contributed by atoms with Crippen LogP contribution in [0.3, 0.4) is 0 Å². The molecule has 26 nitrogen and oxygen atoms in total. The maximum Gasteiger partial charge on any atom is 0.360 e. The third-order valence-corrected chi connectivity index (χ3v) is 23.0. The predicted molar refractivity (Wildman–Crippen MR) is 438 cm³/mol. The number of methoxy groups -OCH3 is 2. The van der Waals surface area contributed by atoms with Crippen molar-refractivity contribution in [3.05, 3.63) is 304 Å². The van der Waals surface area contributed by atoms with Crippen LogP contribution in [-0.2, 0) is 9.47 Å². The predicted octanol–water partition coefficient (Wildman–Crippen LogP) is 18.5. The minimum Gasteiger partial charge on any atom is -0.464 e. The molecule has 0 unspecified atom stereocenters. The fourth-order valence-electron chi connectivity index (χ4n) is 11.7. The zero-order valence-electron chi connectivity index (χ0n) is 58.9. The number of carbonyl (C=O) groups excluding carboxylic acids is 7. The number of ketones is 5. The molecule has 0 aliphatic heterocycles. The van der Waals surface area contributed by atoms with Gasteiger partial charge in [-0.3, -0.25) is 29.0 Å². The van der Waals surface area contributed by atoms with Crippen LogP contribution in [0.5, 0.6) is 0 Å². The monoisotopic (exact) mass is 1630 g/mol. The minimum atomic E-state index is -0.597. The van der Waals surface area contributed by atoms with E-state index in [0.29, 0.717) is 80.8 Å². The van der Waals surface area contributed by atoms with Gasteiger partial charge in [0, 0.05) is 136 Å². The van der Waals surface area contributed by atoms with E-state index in [1.807, 2.05) is 156 Å². The number of nitrogens with zero attached hydrogens (tertiary/aromatic N) is 10. The molecule has 0 saturated heterocycles. The zero-order chi connectivity index (χ0) is 78.2. The summed E-state index contributed by atoms with van der Waals surface area (Å²) in [5.74, 6) is -1.06. The van der Waals surface area contributed by atoms with Crippen LogP contribution in [0.1, 0.15) is 97.8 Å². The fraction of sp³-hybridized carbons (Fsp3) is 0.0247. The highest BCUT2D eigenvalue weighted by Crippen LogP contribution is 2.34. The number of rotatable bonds is 17. The van der Waals surface area contributed by atoms with Crippen molar-refractivity contribution in [1.29, 1.82) is 0 Å². The van der Waals surface area contributed by atoms with Crippen molar-refractivity contribution in [3.63, 3.8) is 0 Å². The Morgan fingerprint density at radius 1 is 0.316 bits per heavy atom. The van der Waals surface area contributed by atoms with Gasteiger partial charge in [-0.25, -0.2) is 54.4 Å². The van der Waals surface area contributed by atoms with E-state index in [2.05, 4.69) is 84.2 Å². The Balaban J connectivity index is 0.000000108. The number of hydrogen-bond donors (Lipinski definition) is 5. The molecule has 20 rings (SSSR count). The molecule has 5 N–H and O–H groups in total. The number of fused-ring (bicyclic) bond motifs is 5. The first-order valence-corrected chi connectivity index (χ1v) is 40.1. The lowest BCUT2D eigenvalue weighted by Crippen LogP contribution is -2.01. The van der Waals surface area contributed by atoms with Gasteiger partial charge in [0.25, 0.3) is 0 Å². The van der Waals surface area contributed by atoms with Crippen molar-refractivity contribution in [2.24, 2.45) is 0 Å². The van der Waals surface area contributed by atoms with Gasteiger partial charge < -0.3 is 43.2 Å². The molecule has 15 heterocycles. The number of carbonyl (C=O) groups is 7. The van der Waals surface area contributed by atoms with Crippen molar-refractivity contribution in [3.8, 4) is 56.0 Å². The number of aromatic amines is 5. The lowest BCUT2D eigenvalue weighted by atomic mass is 10.1. The molecule has 0 atom stereocenters. The van der Waals surface area contributed by atoms with E-state index >= 15 is 0 Å². The van der Waals surface area contributed by atoms with Gasteiger partial charge in [0.05, 0.1) is 53.9 Å². The highest BCUT2D eigenvalue weighted by Gasteiger charge is 2.26. The van der Waals surface area contributed by atoms with Crippen LogP contribution in [-0.4, -0.2) is 130 Å². The molecule has 114 heavy (non-hydrogen) atoms. The molecule has 33 heteroatoms. The van der Waals surface area contributed by atoms with Crippen LogP contribution in [0.25, 0.3) is 110 Å². The van der Waals surface area contributed by atoms with Crippen LogP contribution in [0.4, 0.5) is 0 Å². The highest BCUT2D eigenvalue weighted by atomic mass is 32.1. The topological polar surface area (TPSA) is 372 Å². The van der Waals surface area contributed by atoms with E-state index in [9.17, 15) is 33.6 Å². The first kappa shape index (κ1) is 74.2. The first-order chi connectivity index (χ1) is 55.8. The van der Waals surface area contributed by atoms with Gasteiger partial charge in [0.15, 0.2) is 36.4 Å². The molecular formula is C81H51N15O11S7. The zero-order valence-corrected chi connectivity index (χ0v) is 64.6. The second kappa shape index (κ2) is 33.3. The van der Waals surface area contributed by atoms with E-state index in [0.717, 1.165) is 76.6 Å². The molecule has 0 bridgehead atoms. The first-order valence-electron chi connectivity index (χ1n) is 33.9. The molecule has 5 aromatic carbocycles. The summed E-state index contributed by atoms with van der Waals surface area (Å²) in [6.45, 7) is 0. The van der Waals surface area contributed by atoms with Gasteiger partial charge in [0.2, 0.25) is 40.7 Å². The van der Waals surface area contributed by atoms with Gasteiger partial charge in [-0.05, 0) is 42.5 Å². The largest absolute Gasteiger partial charge is 0.464 e. The summed E-state index contributed by atoms with van der Waals surface area (Å²) >= 11 is 9.24. The Bertz CT molecular complexity index is 6550. The number of nitrogens with one attached hydrogen (secondary N) is 5. The van der Waals surface area contributed by atoms with Crippen LogP contribution >= 0.6 is 79.4 Å². The summed E-state index contributed by atoms with van der Waals surface area (Å²) in [7, 11) is 2.57. The number of pyridine rings is 1. The summed E-state index contributed by atoms with van der Waals surface area (Å²) in [5.41, 5.74) is 11.8. The number of esters is 2. The summed E-state index contributed by atoms with van der Waals surface area (Å²) in [6, 6.07) is 44.0. The summed E-state index contributed by atoms with van der Waals surface area (Å²) in [4.78, 5) is 144. The second-order valence-electron chi connectivity index (χ2n) is 24.0. The standard InChI is InChI=1S/C17H11N3O4S.C17H11N3O3S2.C17H11N3OS.C15H9N3O2S.C15H9N3OS2/c1-23-17(22)12-7-24-15(19-12)13-8-25-16(20-13)14(21)10-6-18-11-5-3-2-4-9(10)11;1-23-17(22)13-8-24-15(20-13)12-7-25-16(19-12)14(21)10-6-18-11-5-3-2-4-9(10)11;21-16(12-9-19-13-6-2-1-5-11(12)13)17-20-15(10-22-17)14-7-3-4-8-18-14;2*19-13(10-7-17-11-4-2-1-3-9(10)11)15-18-12(8-21-15)14-16-5-6-20-14/h2*2-8,18H,1H3;1-10,19H;2*1-8,17H. The Morgan fingerprint density at radius 2 is 0.693 bits per heavy atom. The Morgan fingerprint density at radius 3 is 1.09 bits per heavy atom. The van der Waals surface area contributed by atoms with Crippen LogP contribution < -0.4 is 0 Å². The van der Waals surface area contributed by atoms with E-state index in [4.69, 9.17) is 8.83 Å². The van der Waals surface area contributed by atoms with Gasteiger partial charge in [0.1, 0.15) is 51.0 Å². The maximum absolute atomic E-state index is 12.8. The Kier molecular flexibility index (Phi) is 21.7. The smallest absolute Gasteiger partial charge is 0.360 e. The number of aromatic nitrogens is 15. The number of hydrogen-bond acceptors (Lipinski definition) is 28. The number of ether oxygens (including phenoxy) is 2. The summed E-state index contributed by atoms with van der Waals surface area (Å²) < 4.78 is 19.7. The Labute approximate surface area is 670 Å². The van der Waals surface area contributed by atoms with Crippen LogP contribution in [0.2, 0.25) is 0 Å². The van der Waals surface area contributed by atoms with E-state index in [-0.39, 0.29) is 46.2 Å². The van der Waals surface area contributed by atoms with Crippen molar-refractivity contribution in [1.82, 2.24) is 74.8 Å².